The minimum atomic E-state index is 0.0908. The van der Waals surface area contributed by atoms with E-state index in [9.17, 15) is 0 Å². The smallest absolute Gasteiger partial charge is 0.226 e. The van der Waals surface area contributed by atoms with E-state index in [2.05, 4.69) is 15.3 Å². The van der Waals surface area contributed by atoms with Crippen LogP contribution in [0.4, 0.5) is 5.95 Å². The van der Waals surface area contributed by atoms with Crippen LogP contribution in [0.2, 0.25) is 0 Å². The molecule has 0 radical (unpaired) electrons. The van der Waals surface area contributed by atoms with Crippen molar-refractivity contribution in [3.05, 3.63) is 24.3 Å². The average molecular weight is 245 g/mol. The maximum absolute atomic E-state index is 5.91. The second-order valence-corrected chi connectivity index (χ2v) is 4.22. The van der Waals surface area contributed by atoms with Crippen LogP contribution in [0.25, 0.3) is 10.9 Å². The molecule has 18 heavy (non-hydrogen) atoms. The molecule has 2 heterocycles. The van der Waals surface area contributed by atoms with Gasteiger partial charge in [-0.25, -0.2) is 4.98 Å². The Morgan fingerprint density at radius 2 is 2.22 bits per heavy atom. The lowest BCUT2D eigenvalue weighted by Gasteiger charge is -2.13. The fourth-order valence-electron chi connectivity index (χ4n) is 2.01. The highest BCUT2D eigenvalue weighted by molar-refractivity contribution is 5.84. The molecule has 1 fully saturated rings. The lowest BCUT2D eigenvalue weighted by atomic mass is 10.2. The molecule has 1 aliphatic heterocycles. The molecule has 1 N–H and O–H groups in total. The van der Waals surface area contributed by atoms with Gasteiger partial charge in [0.25, 0.3) is 0 Å². The summed E-state index contributed by atoms with van der Waals surface area (Å²) in [5, 5.41) is 3.88. The number of nitrogens with zero attached hydrogens (tertiary/aromatic N) is 2. The number of hydrogen-bond acceptors (Lipinski definition) is 5. The van der Waals surface area contributed by atoms with Crippen LogP contribution >= 0.6 is 0 Å². The summed E-state index contributed by atoms with van der Waals surface area (Å²) in [7, 11) is 1.80. The largest absolute Gasteiger partial charge is 0.471 e. The highest BCUT2D eigenvalue weighted by Crippen LogP contribution is 2.25. The predicted octanol–water partition coefficient (Wildman–Crippen LogP) is 1.84. The number of anilines is 1. The van der Waals surface area contributed by atoms with Gasteiger partial charge in [0.05, 0.1) is 24.1 Å². The quantitative estimate of drug-likeness (QED) is 0.894. The molecule has 1 unspecified atom stereocenters. The molecule has 94 valence electrons. The Balaban J connectivity index is 2.01. The van der Waals surface area contributed by atoms with Crippen molar-refractivity contribution in [2.45, 2.75) is 12.5 Å². The molecule has 2 aromatic rings. The summed E-state index contributed by atoms with van der Waals surface area (Å²) >= 11 is 0. The monoisotopic (exact) mass is 245 g/mol. The van der Waals surface area contributed by atoms with Gasteiger partial charge in [-0.05, 0) is 12.1 Å². The summed E-state index contributed by atoms with van der Waals surface area (Å²) in [6.45, 7) is 1.39. The predicted molar refractivity (Wildman–Crippen MR) is 68.9 cm³/mol. The molecule has 3 rings (SSSR count). The molecule has 1 aromatic heterocycles. The topological polar surface area (TPSA) is 56.3 Å². The van der Waals surface area contributed by atoms with Crippen LogP contribution in [0.1, 0.15) is 6.42 Å². The highest BCUT2D eigenvalue weighted by Gasteiger charge is 2.19. The zero-order chi connectivity index (χ0) is 12.4. The van der Waals surface area contributed by atoms with Crippen LogP contribution in [0, 0.1) is 0 Å². The minimum Gasteiger partial charge on any atom is -0.471 e. The van der Waals surface area contributed by atoms with Crippen molar-refractivity contribution in [1.82, 2.24) is 9.97 Å². The maximum atomic E-state index is 5.91. The maximum Gasteiger partial charge on any atom is 0.226 e. The van der Waals surface area contributed by atoms with Gasteiger partial charge in [0.1, 0.15) is 6.10 Å². The average Bonchev–Trinajstić information content (AvgIpc) is 2.91. The summed E-state index contributed by atoms with van der Waals surface area (Å²) in [6.07, 6.45) is 1.00. The summed E-state index contributed by atoms with van der Waals surface area (Å²) in [6, 6.07) is 7.84. The Kier molecular flexibility index (Phi) is 2.98. The van der Waals surface area contributed by atoms with Gasteiger partial charge in [-0.15, -0.1) is 0 Å². The second-order valence-electron chi connectivity index (χ2n) is 4.22. The van der Waals surface area contributed by atoms with Gasteiger partial charge in [-0.1, -0.05) is 12.1 Å². The van der Waals surface area contributed by atoms with Crippen LogP contribution < -0.4 is 10.1 Å². The first-order valence-electron chi connectivity index (χ1n) is 6.06. The van der Waals surface area contributed by atoms with Crippen LogP contribution in [0.3, 0.4) is 0 Å². The summed E-state index contributed by atoms with van der Waals surface area (Å²) < 4.78 is 11.2. The van der Waals surface area contributed by atoms with E-state index in [0.29, 0.717) is 18.4 Å². The number of para-hydroxylation sites is 1. The van der Waals surface area contributed by atoms with Gasteiger partial charge in [0, 0.05) is 13.5 Å². The van der Waals surface area contributed by atoms with E-state index in [1.807, 2.05) is 24.3 Å². The first kappa shape index (κ1) is 11.2. The van der Waals surface area contributed by atoms with E-state index < -0.39 is 0 Å². The van der Waals surface area contributed by atoms with Crippen molar-refractivity contribution < 1.29 is 9.47 Å². The van der Waals surface area contributed by atoms with Crippen molar-refractivity contribution in [2.24, 2.45) is 0 Å². The van der Waals surface area contributed by atoms with Crippen molar-refractivity contribution in [3.8, 4) is 5.88 Å². The molecule has 1 saturated heterocycles. The van der Waals surface area contributed by atoms with E-state index in [4.69, 9.17) is 9.47 Å². The fraction of sp³-hybridized carbons (Fsp3) is 0.385. The number of ether oxygens (including phenoxy) is 2. The van der Waals surface area contributed by atoms with E-state index in [1.54, 1.807) is 7.05 Å². The first-order valence-corrected chi connectivity index (χ1v) is 6.06. The Morgan fingerprint density at radius 1 is 1.33 bits per heavy atom. The Hall–Kier alpha value is -1.88. The molecule has 5 nitrogen and oxygen atoms in total. The van der Waals surface area contributed by atoms with Crippen LogP contribution in [-0.4, -0.2) is 36.3 Å². The Labute approximate surface area is 105 Å². The molecule has 0 spiro atoms. The standard InChI is InChI=1S/C13H15N3O2/c1-14-13-15-11-5-3-2-4-10(11)12(16-13)18-9-6-7-17-8-9/h2-5,9H,6-8H2,1H3,(H,14,15,16). The van der Waals surface area contributed by atoms with E-state index in [0.717, 1.165) is 23.9 Å². The van der Waals surface area contributed by atoms with Gasteiger partial charge >= 0.3 is 0 Å². The van der Waals surface area contributed by atoms with Gasteiger partial charge in [-0.3, -0.25) is 0 Å². The van der Waals surface area contributed by atoms with Gasteiger partial charge < -0.3 is 14.8 Å². The number of rotatable bonds is 3. The van der Waals surface area contributed by atoms with E-state index in [1.165, 1.54) is 0 Å². The number of aromatic nitrogens is 2. The minimum absolute atomic E-state index is 0.0908. The molecule has 0 bridgehead atoms. The summed E-state index contributed by atoms with van der Waals surface area (Å²) in [5.74, 6) is 1.20. The molecule has 1 aromatic carbocycles. The number of fused-ring (bicyclic) bond motifs is 1. The van der Waals surface area contributed by atoms with Crippen LogP contribution in [0.15, 0.2) is 24.3 Å². The number of hydrogen-bond donors (Lipinski definition) is 1. The normalized spacial score (nSPS) is 19.1. The molecule has 0 aliphatic carbocycles. The van der Waals surface area contributed by atoms with E-state index in [-0.39, 0.29) is 6.10 Å². The molecule has 0 saturated carbocycles. The van der Waals surface area contributed by atoms with Crippen molar-refractivity contribution in [3.63, 3.8) is 0 Å². The summed E-state index contributed by atoms with van der Waals surface area (Å²) in [5.41, 5.74) is 0.880. The van der Waals surface area contributed by atoms with Crippen molar-refractivity contribution in [2.75, 3.05) is 25.6 Å². The Bertz CT molecular complexity index is 553. The molecular formula is C13H15N3O2. The molecule has 1 aliphatic rings. The van der Waals surface area contributed by atoms with E-state index >= 15 is 0 Å². The van der Waals surface area contributed by atoms with Gasteiger partial charge in [0.15, 0.2) is 0 Å². The SMILES string of the molecule is CNc1nc(OC2CCOC2)c2ccccc2n1. The second kappa shape index (κ2) is 4.78. The Morgan fingerprint density at radius 3 is 3.00 bits per heavy atom. The van der Waals surface area contributed by atoms with Crippen LogP contribution in [0.5, 0.6) is 5.88 Å². The third-order valence-corrected chi connectivity index (χ3v) is 2.96. The molecular weight excluding hydrogens is 230 g/mol. The zero-order valence-electron chi connectivity index (χ0n) is 10.2. The van der Waals surface area contributed by atoms with Crippen molar-refractivity contribution in [1.29, 1.82) is 0 Å². The van der Waals surface area contributed by atoms with Crippen molar-refractivity contribution >= 4 is 16.9 Å². The first-order chi connectivity index (χ1) is 8.86. The van der Waals surface area contributed by atoms with Gasteiger partial charge in [0.2, 0.25) is 11.8 Å². The third kappa shape index (κ3) is 2.09. The summed E-state index contributed by atoms with van der Waals surface area (Å²) in [4.78, 5) is 8.78. The third-order valence-electron chi connectivity index (χ3n) is 2.96. The molecule has 5 heteroatoms. The van der Waals surface area contributed by atoms with Crippen LogP contribution in [-0.2, 0) is 4.74 Å². The fourth-order valence-corrected chi connectivity index (χ4v) is 2.01. The molecule has 0 amide bonds. The molecule has 1 atom stereocenters. The lowest BCUT2D eigenvalue weighted by Crippen LogP contribution is -2.17. The highest BCUT2D eigenvalue weighted by atomic mass is 16.5. The number of benzene rings is 1. The number of nitrogens with one attached hydrogen (secondary N) is 1. The van der Waals surface area contributed by atoms with Gasteiger partial charge in [-0.2, -0.15) is 4.98 Å². The lowest BCUT2D eigenvalue weighted by molar-refractivity contribution is 0.139. The zero-order valence-corrected chi connectivity index (χ0v) is 10.2.